The molecule has 0 rings (SSSR count). The van der Waals surface area contributed by atoms with Crippen LogP contribution >= 0.6 is 35.3 Å². The molecular weight excluding hydrogens is 216 g/mol. The third kappa shape index (κ3) is 8.85. The largest absolute Gasteiger partial charge is 0.144 e. The van der Waals surface area contributed by atoms with Gasteiger partial charge in [-0.05, 0) is 13.8 Å². The van der Waals surface area contributed by atoms with Crippen molar-refractivity contribution < 1.29 is 0 Å². The summed E-state index contributed by atoms with van der Waals surface area (Å²) >= 11 is 5.90. The van der Waals surface area contributed by atoms with Gasteiger partial charge >= 0.3 is 0 Å². The van der Waals surface area contributed by atoms with Crippen LogP contribution in [0.15, 0.2) is 25.3 Å². The van der Waals surface area contributed by atoms with E-state index in [2.05, 4.69) is 27.0 Å². The zero-order chi connectivity index (χ0) is 10.1. The van der Waals surface area contributed by atoms with E-state index in [9.17, 15) is 0 Å². The lowest BCUT2D eigenvalue weighted by atomic mass is 10.8. The zero-order valence-corrected chi connectivity index (χ0v) is 10.8. The minimum atomic E-state index is 0.658. The number of hydrogen-bond acceptors (Lipinski definition) is 3. The molecule has 0 aliphatic heterocycles. The summed E-state index contributed by atoms with van der Waals surface area (Å²) in [5, 5.41) is 0. The van der Waals surface area contributed by atoms with E-state index in [0.29, 0.717) is 9.16 Å². The van der Waals surface area contributed by atoms with Crippen LogP contribution in [0.3, 0.4) is 0 Å². The van der Waals surface area contributed by atoms with E-state index in [1.807, 2.05) is 47.4 Å². The Morgan fingerprint density at radius 3 is 1.69 bits per heavy atom. The van der Waals surface area contributed by atoms with Crippen LogP contribution in [0.5, 0.6) is 0 Å². The van der Waals surface area contributed by atoms with Gasteiger partial charge in [-0.15, -0.1) is 48.4 Å². The van der Waals surface area contributed by atoms with Gasteiger partial charge in [0.25, 0.3) is 0 Å². The van der Waals surface area contributed by atoms with E-state index in [-0.39, 0.29) is 0 Å². The SMILES string of the molecule is C=CCSC(C)SC(C)SCC=C. The van der Waals surface area contributed by atoms with E-state index in [1.54, 1.807) is 0 Å². The molecule has 0 aromatic carbocycles. The average Bonchev–Trinajstić information content (AvgIpc) is 2.11. The van der Waals surface area contributed by atoms with Gasteiger partial charge in [-0.25, -0.2) is 0 Å². The third-order valence-corrected chi connectivity index (χ3v) is 5.33. The topological polar surface area (TPSA) is 0 Å². The van der Waals surface area contributed by atoms with Gasteiger partial charge in [0.1, 0.15) is 0 Å². The quantitative estimate of drug-likeness (QED) is 0.455. The molecule has 2 atom stereocenters. The van der Waals surface area contributed by atoms with Gasteiger partial charge in [0.2, 0.25) is 0 Å². The molecule has 2 unspecified atom stereocenters. The molecule has 0 aromatic heterocycles. The molecule has 0 saturated heterocycles. The zero-order valence-electron chi connectivity index (χ0n) is 8.36. The number of thioether (sulfide) groups is 3. The summed E-state index contributed by atoms with van der Waals surface area (Å²) in [5.41, 5.74) is 0. The molecule has 0 heterocycles. The van der Waals surface area contributed by atoms with Gasteiger partial charge in [-0.1, -0.05) is 12.2 Å². The van der Waals surface area contributed by atoms with Crippen LogP contribution in [0.4, 0.5) is 0 Å². The van der Waals surface area contributed by atoms with Crippen molar-refractivity contribution in [3.63, 3.8) is 0 Å². The van der Waals surface area contributed by atoms with Crippen LogP contribution in [0.2, 0.25) is 0 Å². The Morgan fingerprint density at radius 2 is 1.38 bits per heavy atom. The summed E-state index contributed by atoms with van der Waals surface area (Å²) in [6.45, 7) is 11.9. The first-order valence-electron chi connectivity index (χ1n) is 4.31. The molecule has 0 amide bonds. The molecule has 0 bridgehead atoms. The second-order valence-electron chi connectivity index (χ2n) is 2.52. The maximum Gasteiger partial charge on any atom is 0.0488 e. The van der Waals surface area contributed by atoms with E-state index in [4.69, 9.17) is 0 Å². The van der Waals surface area contributed by atoms with Crippen LogP contribution in [-0.4, -0.2) is 20.7 Å². The standard InChI is InChI=1S/C10H18S3/c1-5-7-11-9(3)13-10(4)12-8-6-2/h5-6,9-10H,1-2,7-8H2,3-4H3. The van der Waals surface area contributed by atoms with E-state index < -0.39 is 0 Å². The fourth-order valence-electron chi connectivity index (χ4n) is 0.756. The van der Waals surface area contributed by atoms with E-state index in [1.165, 1.54) is 0 Å². The van der Waals surface area contributed by atoms with Crippen LogP contribution in [0, 0.1) is 0 Å². The highest BCUT2D eigenvalue weighted by molar-refractivity contribution is 8.24. The summed E-state index contributed by atoms with van der Waals surface area (Å²) in [7, 11) is 0. The van der Waals surface area contributed by atoms with Crippen molar-refractivity contribution in [1.82, 2.24) is 0 Å². The molecule has 0 aromatic rings. The lowest BCUT2D eigenvalue weighted by Gasteiger charge is -2.14. The molecule has 13 heavy (non-hydrogen) atoms. The van der Waals surface area contributed by atoms with E-state index in [0.717, 1.165) is 11.5 Å². The van der Waals surface area contributed by atoms with E-state index >= 15 is 0 Å². The highest BCUT2D eigenvalue weighted by Crippen LogP contribution is 2.32. The first-order chi connectivity index (χ1) is 6.20. The number of hydrogen-bond donors (Lipinski definition) is 0. The fourth-order valence-corrected chi connectivity index (χ4v) is 4.42. The first kappa shape index (κ1) is 13.5. The maximum absolute atomic E-state index is 3.71. The van der Waals surface area contributed by atoms with Crippen LogP contribution < -0.4 is 0 Å². The minimum Gasteiger partial charge on any atom is -0.144 e. The van der Waals surface area contributed by atoms with Crippen LogP contribution in [-0.2, 0) is 0 Å². The third-order valence-electron chi connectivity index (χ3n) is 1.28. The van der Waals surface area contributed by atoms with Crippen molar-refractivity contribution in [2.75, 3.05) is 11.5 Å². The van der Waals surface area contributed by atoms with Gasteiger partial charge in [0.15, 0.2) is 0 Å². The molecule has 0 aliphatic rings. The maximum atomic E-state index is 3.71. The Kier molecular flexibility index (Phi) is 9.47. The monoisotopic (exact) mass is 234 g/mol. The second kappa shape index (κ2) is 9.10. The first-order valence-corrected chi connectivity index (χ1v) is 7.35. The van der Waals surface area contributed by atoms with Crippen LogP contribution in [0.1, 0.15) is 13.8 Å². The Hall–Kier alpha value is 0.530. The van der Waals surface area contributed by atoms with Crippen molar-refractivity contribution >= 4 is 35.3 Å². The molecule has 0 aliphatic carbocycles. The molecule has 76 valence electrons. The molecule has 0 fully saturated rings. The van der Waals surface area contributed by atoms with Gasteiger partial charge in [0, 0.05) is 20.7 Å². The predicted molar refractivity (Wildman–Crippen MR) is 71.8 cm³/mol. The molecule has 3 heteroatoms. The summed E-state index contributed by atoms with van der Waals surface area (Å²) in [4.78, 5) is 0. The summed E-state index contributed by atoms with van der Waals surface area (Å²) < 4.78 is 1.32. The fraction of sp³-hybridized carbons (Fsp3) is 0.600. The summed E-state index contributed by atoms with van der Waals surface area (Å²) in [6.07, 6.45) is 3.92. The van der Waals surface area contributed by atoms with Gasteiger partial charge in [-0.2, -0.15) is 0 Å². The van der Waals surface area contributed by atoms with Crippen molar-refractivity contribution in [2.45, 2.75) is 23.0 Å². The summed E-state index contributed by atoms with van der Waals surface area (Å²) in [6, 6.07) is 0. The minimum absolute atomic E-state index is 0.658. The highest BCUT2D eigenvalue weighted by Gasteiger charge is 2.08. The molecular formula is C10H18S3. The normalized spacial score (nSPS) is 14.9. The van der Waals surface area contributed by atoms with Crippen LogP contribution in [0.25, 0.3) is 0 Å². The van der Waals surface area contributed by atoms with Gasteiger partial charge < -0.3 is 0 Å². The lowest BCUT2D eigenvalue weighted by molar-refractivity contribution is 1.35. The van der Waals surface area contributed by atoms with Crippen molar-refractivity contribution in [3.8, 4) is 0 Å². The van der Waals surface area contributed by atoms with Crippen molar-refractivity contribution in [3.05, 3.63) is 25.3 Å². The average molecular weight is 234 g/mol. The summed E-state index contributed by atoms with van der Waals surface area (Å²) in [5.74, 6) is 2.10. The predicted octanol–water partition coefficient (Wildman–Crippen LogP) is 4.25. The Morgan fingerprint density at radius 1 is 1.00 bits per heavy atom. The van der Waals surface area contributed by atoms with Gasteiger partial charge in [0.05, 0.1) is 0 Å². The molecule has 0 N–H and O–H groups in total. The highest BCUT2D eigenvalue weighted by atomic mass is 32.2. The lowest BCUT2D eigenvalue weighted by Crippen LogP contribution is -1.98. The second-order valence-corrected chi connectivity index (χ2v) is 7.55. The molecule has 0 nitrogen and oxygen atoms in total. The molecule has 0 spiro atoms. The van der Waals surface area contributed by atoms with Crippen molar-refractivity contribution in [1.29, 1.82) is 0 Å². The van der Waals surface area contributed by atoms with Gasteiger partial charge in [-0.3, -0.25) is 0 Å². The molecule has 0 radical (unpaired) electrons. The Balaban J connectivity index is 3.45. The number of rotatable bonds is 8. The van der Waals surface area contributed by atoms with Crippen molar-refractivity contribution in [2.24, 2.45) is 0 Å². The Labute approximate surface area is 95.0 Å². The smallest absolute Gasteiger partial charge is 0.0488 e. The molecule has 0 saturated carbocycles. The Bertz CT molecular complexity index is 129.